The van der Waals surface area contributed by atoms with Crippen LogP contribution in [0.15, 0.2) is 33.5 Å². The topological polar surface area (TPSA) is 87.8 Å². The molecule has 4 aromatic rings. The molecule has 0 aliphatic heterocycles. The van der Waals surface area contributed by atoms with Crippen molar-refractivity contribution in [2.45, 2.75) is 26.9 Å². The lowest BCUT2D eigenvalue weighted by atomic mass is 10.2. The maximum Gasteiger partial charge on any atom is 0.356 e. The van der Waals surface area contributed by atoms with Crippen LogP contribution in [0.5, 0.6) is 0 Å². The number of ether oxygens (including phenoxy) is 1. The Kier molecular flexibility index (Phi) is 4.39. The summed E-state index contributed by atoms with van der Waals surface area (Å²) in [5.74, 6) is -0.193. The van der Waals surface area contributed by atoms with Gasteiger partial charge in [0.2, 0.25) is 0 Å². The normalized spacial score (nSPS) is 12.6. The molecule has 0 amide bonds. The summed E-state index contributed by atoms with van der Waals surface area (Å²) in [7, 11) is 0. The first-order valence-corrected chi connectivity index (χ1v) is 9.95. The number of nitrogens with zero attached hydrogens (tertiary/aromatic N) is 1. The van der Waals surface area contributed by atoms with Crippen molar-refractivity contribution in [2.24, 2.45) is 0 Å². The molecule has 0 bridgehead atoms. The number of H-pyrrole nitrogens is 2. The molecule has 8 heteroatoms. The molecule has 2 N–H and O–H groups in total. The van der Waals surface area contributed by atoms with Crippen LogP contribution in [0.25, 0.3) is 21.1 Å². The predicted octanol–water partition coefficient (Wildman–Crippen LogP) is 4.76. The number of hydrogen-bond donors (Lipinski definition) is 2. The predicted molar refractivity (Wildman–Crippen MR) is 110 cm³/mol. The van der Waals surface area contributed by atoms with Crippen LogP contribution in [0.2, 0.25) is 0 Å². The number of carbonyl (C=O) groups is 1. The Balaban J connectivity index is 1.66. The zero-order chi connectivity index (χ0) is 19.3. The Morgan fingerprint density at radius 2 is 2.00 bits per heavy atom. The van der Waals surface area contributed by atoms with Crippen LogP contribution in [0.4, 0.5) is 0 Å². The minimum Gasteiger partial charge on any atom is -0.450 e. The molecule has 1 unspecified atom stereocenters. The number of esters is 1. The molecule has 138 valence electrons. The van der Waals surface area contributed by atoms with Gasteiger partial charge in [-0.15, -0.1) is 11.3 Å². The smallest absolute Gasteiger partial charge is 0.356 e. The van der Waals surface area contributed by atoms with Gasteiger partial charge in [-0.2, -0.15) is 0 Å². The van der Waals surface area contributed by atoms with E-state index in [4.69, 9.17) is 4.74 Å². The molecule has 0 aliphatic carbocycles. The van der Waals surface area contributed by atoms with Gasteiger partial charge >= 0.3 is 5.97 Å². The van der Waals surface area contributed by atoms with Crippen molar-refractivity contribution in [3.05, 3.63) is 61.1 Å². The van der Waals surface area contributed by atoms with Crippen LogP contribution in [0, 0.1) is 13.8 Å². The number of rotatable bonds is 3. The molecule has 0 aliphatic rings. The van der Waals surface area contributed by atoms with Crippen LogP contribution >= 0.6 is 27.3 Å². The summed E-state index contributed by atoms with van der Waals surface area (Å²) in [6.45, 7) is 5.55. The second kappa shape index (κ2) is 6.61. The summed E-state index contributed by atoms with van der Waals surface area (Å²) >= 11 is 4.91. The Morgan fingerprint density at radius 1 is 1.26 bits per heavy atom. The van der Waals surface area contributed by atoms with Crippen molar-refractivity contribution in [3.63, 3.8) is 0 Å². The number of thiophene rings is 1. The van der Waals surface area contributed by atoms with Crippen LogP contribution in [-0.2, 0) is 4.74 Å². The minimum atomic E-state index is -0.698. The Morgan fingerprint density at radius 3 is 2.74 bits per heavy atom. The number of aryl methyl sites for hydroxylation is 2. The number of aromatic nitrogens is 3. The van der Waals surface area contributed by atoms with Gasteiger partial charge < -0.3 is 14.7 Å². The fraction of sp³-hybridized carbons (Fsp3) is 0.211. The van der Waals surface area contributed by atoms with Crippen LogP contribution in [0.3, 0.4) is 0 Å². The second-order valence-corrected chi connectivity index (χ2v) is 8.32. The molecule has 3 heterocycles. The maximum atomic E-state index is 12.6. The highest BCUT2D eigenvalue weighted by molar-refractivity contribution is 9.10. The van der Waals surface area contributed by atoms with Gasteiger partial charge in [0, 0.05) is 15.8 Å². The number of hydrogen-bond acceptors (Lipinski definition) is 5. The number of halogens is 1. The standard InChI is InChI=1S/C19H16BrN3O3S/c1-8-10(3)27-18-13(8)17(24)22-16(23-18)9(2)26-19(25)15-14(20)11-6-4-5-7-12(11)21-15/h4-7,9,21H,1-3H3,(H,22,23,24). The molecule has 0 fully saturated rings. The third-order valence-corrected chi connectivity index (χ3v) is 6.50. The van der Waals surface area contributed by atoms with E-state index in [9.17, 15) is 9.59 Å². The average Bonchev–Trinajstić information content (AvgIpc) is 3.12. The zero-order valence-corrected chi connectivity index (χ0v) is 17.2. The lowest BCUT2D eigenvalue weighted by molar-refractivity contribution is 0.0313. The summed E-state index contributed by atoms with van der Waals surface area (Å²) in [5.41, 5.74) is 1.88. The Labute approximate surface area is 166 Å². The van der Waals surface area contributed by atoms with Crippen molar-refractivity contribution < 1.29 is 9.53 Å². The van der Waals surface area contributed by atoms with E-state index in [0.717, 1.165) is 21.3 Å². The van der Waals surface area contributed by atoms with E-state index in [-0.39, 0.29) is 5.56 Å². The van der Waals surface area contributed by atoms with Crippen LogP contribution in [-0.4, -0.2) is 20.9 Å². The van der Waals surface area contributed by atoms with Gasteiger partial charge in [-0.05, 0) is 48.3 Å². The van der Waals surface area contributed by atoms with Gasteiger partial charge in [-0.1, -0.05) is 18.2 Å². The van der Waals surface area contributed by atoms with E-state index < -0.39 is 12.1 Å². The van der Waals surface area contributed by atoms with Gasteiger partial charge in [-0.25, -0.2) is 9.78 Å². The van der Waals surface area contributed by atoms with Gasteiger partial charge in [-0.3, -0.25) is 4.79 Å². The fourth-order valence-electron chi connectivity index (χ4n) is 2.99. The van der Waals surface area contributed by atoms with E-state index in [0.29, 0.717) is 26.2 Å². The van der Waals surface area contributed by atoms with E-state index in [1.54, 1.807) is 6.92 Å². The molecule has 0 saturated carbocycles. The molecular formula is C19H16BrN3O3S. The van der Waals surface area contributed by atoms with Gasteiger partial charge in [0.05, 0.1) is 9.86 Å². The van der Waals surface area contributed by atoms with Crippen LogP contribution < -0.4 is 5.56 Å². The third kappa shape index (κ3) is 2.98. The molecule has 0 radical (unpaired) electrons. The minimum absolute atomic E-state index is 0.216. The first-order valence-electron chi connectivity index (χ1n) is 8.34. The van der Waals surface area contributed by atoms with Crippen LogP contribution in [0.1, 0.15) is 39.8 Å². The molecule has 6 nitrogen and oxygen atoms in total. The quantitative estimate of drug-likeness (QED) is 0.444. The number of carbonyl (C=O) groups excluding carboxylic acids is 1. The largest absolute Gasteiger partial charge is 0.450 e. The molecule has 1 atom stereocenters. The number of benzene rings is 1. The number of aromatic amines is 2. The molecule has 0 saturated heterocycles. The average molecular weight is 446 g/mol. The summed E-state index contributed by atoms with van der Waals surface area (Å²) in [5, 5.41) is 1.49. The van der Waals surface area contributed by atoms with Crippen molar-refractivity contribution in [1.29, 1.82) is 0 Å². The summed E-state index contributed by atoms with van der Waals surface area (Å²) in [6.07, 6.45) is -0.698. The second-order valence-electron chi connectivity index (χ2n) is 6.32. The Bertz CT molecular complexity index is 1250. The van der Waals surface area contributed by atoms with Gasteiger partial charge in [0.1, 0.15) is 10.5 Å². The SMILES string of the molecule is Cc1sc2nc(C(C)OC(=O)c3[nH]c4ccccc4c3Br)[nH]c(=O)c2c1C. The molecule has 3 aromatic heterocycles. The highest BCUT2D eigenvalue weighted by Gasteiger charge is 2.22. The Hall–Kier alpha value is -2.45. The van der Waals surface area contributed by atoms with Crippen molar-refractivity contribution in [2.75, 3.05) is 0 Å². The maximum absolute atomic E-state index is 12.6. The first kappa shape index (κ1) is 17.9. The van der Waals surface area contributed by atoms with E-state index in [2.05, 4.69) is 30.9 Å². The third-order valence-electron chi connectivity index (χ3n) is 4.57. The van der Waals surface area contributed by atoms with Crippen molar-refractivity contribution in [1.82, 2.24) is 15.0 Å². The highest BCUT2D eigenvalue weighted by atomic mass is 79.9. The number of para-hydroxylation sites is 1. The summed E-state index contributed by atoms with van der Waals surface area (Å²) < 4.78 is 6.20. The van der Waals surface area contributed by atoms with Crippen molar-refractivity contribution >= 4 is 54.4 Å². The molecule has 4 rings (SSSR count). The monoisotopic (exact) mass is 445 g/mol. The lowest BCUT2D eigenvalue weighted by Gasteiger charge is -2.12. The molecule has 1 aromatic carbocycles. The number of nitrogens with one attached hydrogen (secondary N) is 2. The summed E-state index contributed by atoms with van der Waals surface area (Å²) in [4.78, 5) is 37.0. The lowest BCUT2D eigenvalue weighted by Crippen LogP contribution is -2.17. The number of fused-ring (bicyclic) bond motifs is 2. The van der Waals surface area contributed by atoms with Gasteiger partial charge in [0.15, 0.2) is 11.9 Å². The highest BCUT2D eigenvalue weighted by Crippen LogP contribution is 2.30. The van der Waals surface area contributed by atoms with E-state index >= 15 is 0 Å². The van der Waals surface area contributed by atoms with Crippen molar-refractivity contribution in [3.8, 4) is 0 Å². The van der Waals surface area contributed by atoms with E-state index in [1.807, 2.05) is 38.1 Å². The van der Waals surface area contributed by atoms with Gasteiger partial charge in [0.25, 0.3) is 5.56 Å². The fourth-order valence-corrected chi connectivity index (χ4v) is 4.63. The molecular weight excluding hydrogens is 430 g/mol. The zero-order valence-electron chi connectivity index (χ0n) is 14.8. The first-order chi connectivity index (χ1) is 12.9. The molecule has 27 heavy (non-hydrogen) atoms. The molecule has 0 spiro atoms. The summed E-state index contributed by atoms with van der Waals surface area (Å²) in [6, 6.07) is 7.57. The van der Waals surface area contributed by atoms with E-state index in [1.165, 1.54) is 11.3 Å².